The third kappa shape index (κ3) is 4.09. The van der Waals surface area contributed by atoms with Gasteiger partial charge in [-0.3, -0.25) is 4.79 Å². The van der Waals surface area contributed by atoms with E-state index in [1.807, 2.05) is 0 Å². The van der Waals surface area contributed by atoms with Crippen molar-refractivity contribution in [2.24, 2.45) is 0 Å². The molecule has 3 nitrogen and oxygen atoms in total. The second-order valence-corrected chi connectivity index (χ2v) is 6.32. The smallest absolute Gasteiger partial charge is 0.241 e. The zero-order chi connectivity index (χ0) is 13.8. The molecule has 104 valence electrons. The van der Waals surface area contributed by atoms with E-state index in [0.29, 0.717) is 15.7 Å². The Hall–Kier alpha value is -0.290. The molecule has 1 aromatic rings. The third-order valence-corrected chi connectivity index (χ3v) is 4.19. The van der Waals surface area contributed by atoms with Gasteiger partial charge in [-0.15, -0.1) is 0 Å². The molecule has 1 aliphatic heterocycles. The summed E-state index contributed by atoms with van der Waals surface area (Å²) >= 11 is 15.5. The molecule has 2 N–H and O–H groups in total. The monoisotopic (exact) mass is 364 g/mol. The fourth-order valence-electron chi connectivity index (χ4n) is 2.12. The maximum absolute atomic E-state index is 12.2. The van der Waals surface area contributed by atoms with Gasteiger partial charge in [-0.25, -0.2) is 0 Å². The molecule has 1 saturated heterocycles. The fraction of sp³-hybridized carbons (Fsp3) is 0.462. The van der Waals surface area contributed by atoms with Crippen molar-refractivity contribution in [1.82, 2.24) is 5.32 Å². The molecule has 6 heteroatoms. The number of anilines is 1. The molecule has 0 bridgehead atoms. The first kappa shape index (κ1) is 15.1. The lowest BCUT2D eigenvalue weighted by molar-refractivity contribution is -0.118. The van der Waals surface area contributed by atoms with Crippen LogP contribution in [0.5, 0.6) is 0 Å². The van der Waals surface area contributed by atoms with E-state index < -0.39 is 0 Å². The van der Waals surface area contributed by atoms with E-state index in [9.17, 15) is 4.79 Å². The zero-order valence-electron chi connectivity index (χ0n) is 10.3. The van der Waals surface area contributed by atoms with E-state index in [1.54, 1.807) is 12.1 Å². The van der Waals surface area contributed by atoms with Gasteiger partial charge in [-0.1, -0.05) is 52.0 Å². The Kier molecular flexibility index (Phi) is 5.51. The Balaban J connectivity index is 2.10. The summed E-state index contributed by atoms with van der Waals surface area (Å²) in [6, 6.07) is 3.26. The number of carbonyl (C=O) groups is 1. The predicted molar refractivity (Wildman–Crippen MR) is 83.1 cm³/mol. The number of hydrogen-bond donors (Lipinski definition) is 2. The van der Waals surface area contributed by atoms with E-state index in [4.69, 9.17) is 23.2 Å². The van der Waals surface area contributed by atoms with Crippen molar-refractivity contribution in [3.05, 3.63) is 26.7 Å². The van der Waals surface area contributed by atoms with Crippen LogP contribution in [0.3, 0.4) is 0 Å². The topological polar surface area (TPSA) is 41.1 Å². The number of halogens is 3. The van der Waals surface area contributed by atoms with E-state index in [-0.39, 0.29) is 11.9 Å². The summed E-state index contributed by atoms with van der Waals surface area (Å²) in [7, 11) is 0. The zero-order valence-corrected chi connectivity index (χ0v) is 13.4. The minimum Gasteiger partial charge on any atom is -0.322 e. The molecule has 1 unspecified atom stereocenters. The Labute approximate surface area is 131 Å². The number of rotatable bonds is 2. The van der Waals surface area contributed by atoms with Crippen LogP contribution in [0.15, 0.2) is 16.6 Å². The molecule has 1 aliphatic rings. The van der Waals surface area contributed by atoms with E-state index in [2.05, 4.69) is 26.6 Å². The van der Waals surface area contributed by atoms with Gasteiger partial charge >= 0.3 is 0 Å². The maximum atomic E-state index is 12.2. The van der Waals surface area contributed by atoms with E-state index >= 15 is 0 Å². The van der Waals surface area contributed by atoms with Gasteiger partial charge in [0.2, 0.25) is 5.91 Å². The van der Waals surface area contributed by atoms with E-state index in [1.165, 1.54) is 0 Å². The first-order valence-corrected chi connectivity index (χ1v) is 7.81. The van der Waals surface area contributed by atoms with Crippen LogP contribution in [0, 0.1) is 0 Å². The minimum atomic E-state index is -0.168. The van der Waals surface area contributed by atoms with Gasteiger partial charge in [-0.05, 0) is 31.5 Å². The lowest BCUT2D eigenvalue weighted by Gasteiger charge is -2.17. The highest BCUT2D eigenvalue weighted by atomic mass is 79.9. The van der Waals surface area contributed by atoms with Crippen LogP contribution < -0.4 is 10.6 Å². The van der Waals surface area contributed by atoms with Gasteiger partial charge in [-0.2, -0.15) is 0 Å². The number of carbonyl (C=O) groups excluding carboxylic acids is 1. The van der Waals surface area contributed by atoms with Crippen LogP contribution in [0.4, 0.5) is 5.69 Å². The average molecular weight is 366 g/mol. The molecule has 0 aromatic heterocycles. The molecular weight excluding hydrogens is 351 g/mol. The second kappa shape index (κ2) is 6.93. The van der Waals surface area contributed by atoms with Gasteiger partial charge in [0.25, 0.3) is 0 Å². The van der Waals surface area contributed by atoms with Crippen molar-refractivity contribution in [3.63, 3.8) is 0 Å². The number of amides is 1. The van der Waals surface area contributed by atoms with Gasteiger partial charge in [0.15, 0.2) is 0 Å². The molecular formula is C13H15BrCl2N2O. The lowest BCUT2D eigenvalue weighted by atomic mass is 10.1. The molecule has 0 saturated carbocycles. The molecule has 1 heterocycles. The molecule has 2 rings (SSSR count). The van der Waals surface area contributed by atoms with Crippen LogP contribution in [-0.4, -0.2) is 18.5 Å². The summed E-state index contributed by atoms with van der Waals surface area (Å²) in [5.74, 6) is -0.0759. The largest absolute Gasteiger partial charge is 0.322 e. The van der Waals surface area contributed by atoms with Crippen LogP contribution >= 0.6 is 39.1 Å². The quantitative estimate of drug-likeness (QED) is 0.823. The number of nitrogens with one attached hydrogen (secondary N) is 2. The van der Waals surface area contributed by atoms with Gasteiger partial charge < -0.3 is 10.6 Å². The molecule has 1 fully saturated rings. The molecule has 1 atom stereocenters. The Morgan fingerprint density at radius 1 is 1.26 bits per heavy atom. The molecule has 19 heavy (non-hydrogen) atoms. The molecule has 0 spiro atoms. The maximum Gasteiger partial charge on any atom is 0.241 e. The third-order valence-electron chi connectivity index (χ3n) is 3.13. The first-order valence-electron chi connectivity index (χ1n) is 6.26. The van der Waals surface area contributed by atoms with Gasteiger partial charge in [0, 0.05) is 4.47 Å². The average Bonchev–Trinajstić information content (AvgIpc) is 2.62. The lowest BCUT2D eigenvalue weighted by Crippen LogP contribution is -2.39. The summed E-state index contributed by atoms with van der Waals surface area (Å²) < 4.78 is 0.785. The Morgan fingerprint density at radius 2 is 1.95 bits per heavy atom. The fourth-order valence-corrected chi connectivity index (χ4v) is 3.43. The van der Waals surface area contributed by atoms with Crippen LogP contribution in [0.1, 0.15) is 25.7 Å². The predicted octanol–water partition coefficient (Wildman–Crippen LogP) is 4.23. The summed E-state index contributed by atoms with van der Waals surface area (Å²) in [5, 5.41) is 6.93. The summed E-state index contributed by atoms with van der Waals surface area (Å²) in [5.41, 5.74) is 0.475. The highest BCUT2D eigenvalue weighted by Crippen LogP contribution is 2.34. The van der Waals surface area contributed by atoms with Crippen molar-refractivity contribution in [3.8, 4) is 0 Å². The Morgan fingerprint density at radius 3 is 2.63 bits per heavy atom. The molecule has 1 aromatic carbocycles. The first-order chi connectivity index (χ1) is 9.08. The summed E-state index contributed by atoms with van der Waals surface area (Å²) in [4.78, 5) is 12.2. The number of benzene rings is 1. The molecule has 0 radical (unpaired) electrons. The van der Waals surface area contributed by atoms with Crippen LogP contribution in [0.2, 0.25) is 10.0 Å². The number of hydrogen-bond acceptors (Lipinski definition) is 2. The summed E-state index contributed by atoms with van der Waals surface area (Å²) in [6.45, 7) is 0.875. The van der Waals surface area contributed by atoms with Crippen molar-refractivity contribution in [1.29, 1.82) is 0 Å². The Bertz CT molecular complexity index is 451. The highest BCUT2D eigenvalue weighted by Gasteiger charge is 2.21. The summed E-state index contributed by atoms with van der Waals surface area (Å²) in [6.07, 6.45) is 4.19. The van der Waals surface area contributed by atoms with Crippen LogP contribution in [0.25, 0.3) is 0 Å². The van der Waals surface area contributed by atoms with E-state index in [0.717, 1.165) is 36.7 Å². The molecule has 0 aliphatic carbocycles. The molecule has 1 amide bonds. The van der Waals surface area contributed by atoms with Crippen molar-refractivity contribution < 1.29 is 4.79 Å². The van der Waals surface area contributed by atoms with Gasteiger partial charge in [0.05, 0.1) is 21.8 Å². The minimum absolute atomic E-state index is 0.0759. The van der Waals surface area contributed by atoms with Gasteiger partial charge in [0.1, 0.15) is 0 Å². The van der Waals surface area contributed by atoms with Crippen molar-refractivity contribution in [2.75, 3.05) is 11.9 Å². The second-order valence-electron chi connectivity index (χ2n) is 4.59. The van der Waals surface area contributed by atoms with Crippen molar-refractivity contribution in [2.45, 2.75) is 31.7 Å². The van der Waals surface area contributed by atoms with Crippen molar-refractivity contribution >= 4 is 50.7 Å². The van der Waals surface area contributed by atoms with Crippen LogP contribution in [-0.2, 0) is 4.79 Å². The standard InChI is InChI=1S/C13H15BrCl2N2O/c14-8-6-9(15)12(10(16)7-8)18-13(19)11-4-2-1-3-5-17-11/h6-7,11,17H,1-5H2,(H,18,19). The highest BCUT2D eigenvalue weighted by molar-refractivity contribution is 9.10. The SMILES string of the molecule is O=C(Nc1c(Cl)cc(Br)cc1Cl)C1CCCCCN1. The normalized spacial score (nSPS) is 19.8.